The fourth-order valence-corrected chi connectivity index (χ4v) is 1.20. The van der Waals surface area contributed by atoms with Gasteiger partial charge in [-0.25, -0.2) is 9.97 Å². The standard InChI is InChI=1S/C11H17N3O/c1-8(2)9(3)14(4)11-12-5-10(7-15)6-13-11/h5-9H,1-4H3. The average molecular weight is 207 g/mol. The second kappa shape index (κ2) is 4.87. The van der Waals surface area contributed by atoms with Gasteiger partial charge in [0, 0.05) is 25.5 Å². The molecule has 0 saturated heterocycles. The van der Waals surface area contributed by atoms with Gasteiger partial charge in [-0.15, -0.1) is 0 Å². The zero-order valence-corrected chi connectivity index (χ0v) is 9.64. The molecular formula is C11H17N3O. The van der Waals surface area contributed by atoms with E-state index in [0.717, 1.165) is 6.29 Å². The number of nitrogens with zero attached hydrogens (tertiary/aromatic N) is 3. The van der Waals surface area contributed by atoms with Crippen molar-refractivity contribution in [3.8, 4) is 0 Å². The van der Waals surface area contributed by atoms with Gasteiger partial charge in [-0.05, 0) is 12.8 Å². The molecule has 82 valence electrons. The SMILES string of the molecule is CC(C)C(C)N(C)c1ncc(C=O)cn1. The van der Waals surface area contributed by atoms with Crippen LogP contribution in [0.1, 0.15) is 31.1 Å². The van der Waals surface area contributed by atoms with Crippen LogP contribution >= 0.6 is 0 Å². The van der Waals surface area contributed by atoms with E-state index in [1.807, 2.05) is 11.9 Å². The summed E-state index contributed by atoms with van der Waals surface area (Å²) in [7, 11) is 1.96. The molecule has 1 unspecified atom stereocenters. The Bertz CT molecular complexity index is 321. The molecule has 0 aliphatic rings. The third-order valence-corrected chi connectivity index (χ3v) is 2.69. The third kappa shape index (κ3) is 2.75. The molecule has 1 aromatic rings. The first-order valence-corrected chi connectivity index (χ1v) is 5.06. The Balaban J connectivity index is 2.82. The van der Waals surface area contributed by atoms with Crippen LogP contribution in [0.4, 0.5) is 5.95 Å². The molecule has 4 heteroatoms. The van der Waals surface area contributed by atoms with E-state index in [2.05, 4.69) is 30.7 Å². The molecule has 1 heterocycles. The zero-order valence-electron chi connectivity index (χ0n) is 9.64. The van der Waals surface area contributed by atoms with Crippen molar-refractivity contribution in [2.45, 2.75) is 26.8 Å². The lowest BCUT2D eigenvalue weighted by atomic mass is 10.1. The van der Waals surface area contributed by atoms with Crippen molar-refractivity contribution < 1.29 is 4.79 Å². The smallest absolute Gasteiger partial charge is 0.225 e. The first kappa shape index (κ1) is 11.6. The molecule has 0 radical (unpaired) electrons. The van der Waals surface area contributed by atoms with Gasteiger partial charge in [-0.3, -0.25) is 4.79 Å². The van der Waals surface area contributed by atoms with Crippen LogP contribution in [0.3, 0.4) is 0 Å². The molecule has 0 aliphatic heterocycles. The van der Waals surface area contributed by atoms with Gasteiger partial charge in [0.25, 0.3) is 0 Å². The Morgan fingerprint density at radius 2 is 1.80 bits per heavy atom. The quantitative estimate of drug-likeness (QED) is 0.706. The molecule has 1 aromatic heterocycles. The third-order valence-electron chi connectivity index (χ3n) is 2.69. The Kier molecular flexibility index (Phi) is 3.77. The number of hydrogen-bond donors (Lipinski definition) is 0. The molecule has 0 spiro atoms. The van der Waals surface area contributed by atoms with Crippen LogP contribution in [-0.4, -0.2) is 29.3 Å². The Morgan fingerprint density at radius 3 is 2.20 bits per heavy atom. The molecule has 0 saturated carbocycles. The molecule has 0 amide bonds. The maximum absolute atomic E-state index is 10.4. The number of aldehydes is 1. The first-order valence-electron chi connectivity index (χ1n) is 5.06. The molecule has 0 aromatic carbocycles. The van der Waals surface area contributed by atoms with Gasteiger partial charge in [-0.1, -0.05) is 13.8 Å². The number of hydrogen-bond acceptors (Lipinski definition) is 4. The molecule has 0 N–H and O–H groups in total. The van der Waals surface area contributed by atoms with Crippen molar-refractivity contribution in [2.24, 2.45) is 5.92 Å². The van der Waals surface area contributed by atoms with E-state index in [0.29, 0.717) is 23.5 Å². The summed E-state index contributed by atoms with van der Waals surface area (Å²) < 4.78 is 0. The first-order chi connectivity index (χ1) is 7.06. The molecule has 4 nitrogen and oxygen atoms in total. The Hall–Kier alpha value is -1.45. The molecular weight excluding hydrogens is 190 g/mol. The van der Waals surface area contributed by atoms with Gasteiger partial charge >= 0.3 is 0 Å². The fourth-order valence-electron chi connectivity index (χ4n) is 1.20. The minimum atomic E-state index is 0.368. The number of anilines is 1. The summed E-state index contributed by atoms with van der Waals surface area (Å²) in [5, 5.41) is 0. The summed E-state index contributed by atoms with van der Waals surface area (Å²) in [6.45, 7) is 6.43. The highest BCUT2D eigenvalue weighted by molar-refractivity contribution is 5.73. The lowest BCUT2D eigenvalue weighted by Gasteiger charge is -2.27. The van der Waals surface area contributed by atoms with E-state index in [-0.39, 0.29) is 0 Å². The van der Waals surface area contributed by atoms with Crippen LogP contribution < -0.4 is 4.90 Å². The molecule has 1 rings (SSSR count). The topological polar surface area (TPSA) is 46.1 Å². The van der Waals surface area contributed by atoms with Crippen molar-refractivity contribution in [1.29, 1.82) is 0 Å². The normalized spacial score (nSPS) is 12.6. The maximum Gasteiger partial charge on any atom is 0.225 e. The van der Waals surface area contributed by atoms with Crippen LogP contribution in [0.5, 0.6) is 0 Å². The van der Waals surface area contributed by atoms with Crippen molar-refractivity contribution in [3.63, 3.8) is 0 Å². The van der Waals surface area contributed by atoms with E-state index in [4.69, 9.17) is 0 Å². The highest BCUT2D eigenvalue weighted by Gasteiger charge is 2.15. The molecule has 1 atom stereocenters. The van der Waals surface area contributed by atoms with Gasteiger partial charge in [0.1, 0.15) is 0 Å². The van der Waals surface area contributed by atoms with Crippen LogP contribution in [0.25, 0.3) is 0 Å². The van der Waals surface area contributed by atoms with Gasteiger partial charge in [0.2, 0.25) is 5.95 Å². The van der Waals surface area contributed by atoms with E-state index in [1.165, 1.54) is 0 Å². The van der Waals surface area contributed by atoms with Crippen LogP contribution in [0.15, 0.2) is 12.4 Å². The predicted octanol–water partition coefficient (Wildman–Crippen LogP) is 1.77. The highest BCUT2D eigenvalue weighted by Crippen LogP contribution is 2.13. The zero-order chi connectivity index (χ0) is 11.4. The minimum Gasteiger partial charge on any atom is -0.341 e. The number of carbonyl (C=O) groups excluding carboxylic acids is 1. The lowest BCUT2D eigenvalue weighted by molar-refractivity contribution is 0.112. The summed E-state index contributed by atoms with van der Waals surface area (Å²) in [5.41, 5.74) is 0.504. The Morgan fingerprint density at radius 1 is 1.27 bits per heavy atom. The van der Waals surface area contributed by atoms with Crippen LogP contribution in [0, 0.1) is 5.92 Å². The summed E-state index contributed by atoms with van der Waals surface area (Å²) in [4.78, 5) is 20.7. The predicted molar refractivity (Wildman–Crippen MR) is 60.1 cm³/mol. The monoisotopic (exact) mass is 207 g/mol. The number of carbonyl (C=O) groups is 1. The lowest BCUT2D eigenvalue weighted by Crippen LogP contribution is -2.34. The van der Waals surface area contributed by atoms with Crippen molar-refractivity contribution in [2.75, 3.05) is 11.9 Å². The van der Waals surface area contributed by atoms with E-state index < -0.39 is 0 Å². The fraction of sp³-hybridized carbons (Fsp3) is 0.545. The second-order valence-electron chi connectivity index (χ2n) is 4.03. The summed E-state index contributed by atoms with van der Waals surface area (Å²) >= 11 is 0. The van der Waals surface area contributed by atoms with Crippen molar-refractivity contribution in [3.05, 3.63) is 18.0 Å². The summed E-state index contributed by atoms with van der Waals surface area (Å²) in [6.07, 6.45) is 3.83. The summed E-state index contributed by atoms with van der Waals surface area (Å²) in [6, 6.07) is 0.368. The molecule has 15 heavy (non-hydrogen) atoms. The Labute approximate surface area is 90.3 Å². The van der Waals surface area contributed by atoms with Crippen LogP contribution in [-0.2, 0) is 0 Å². The van der Waals surface area contributed by atoms with Crippen molar-refractivity contribution in [1.82, 2.24) is 9.97 Å². The van der Waals surface area contributed by atoms with Gasteiger partial charge in [-0.2, -0.15) is 0 Å². The molecule has 0 aliphatic carbocycles. The van der Waals surface area contributed by atoms with Gasteiger partial charge in [0.05, 0.1) is 5.56 Å². The number of rotatable bonds is 4. The largest absolute Gasteiger partial charge is 0.341 e. The second-order valence-corrected chi connectivity index (χ2v) is 4.03. The van der Waals surface area contributed by atoms with Gasteiger partial charge < -0.3 is 4.90 Å². The minimum absolute atomic E-state index is 0.368. The number of aromatic nitrogens is 2. The van der Waals surface area contributed by atoms with Crippen LogP contribution in [0.2, 0.25) is 0 Å². The van der Waals surface area contributed by atoms with Crippen molar-refractivity contribution >= 4 is 12.2 Å². The molecule has 0 bridgehead atoms. The van der Waals surface area contributed by atoms with E-state index in [9.17, 15) is 4.79 Å². The highest BCUT2D eigenvalue weighted by atomic mass is 16.1. The van der Waals surface area contributed by atoms with E-state index >= 15 is 0 Å². The van der Waals surface area contributed by atoms with E-state index in [1.54, 1.807) is 12.4 Å². The van der Waals surface area contributed by atoms with Gasteiger partial charge in [0.15, 0.2) is 6.29 Å². The summed E-state index contributed by atoms with van der Waals surface area (Å²) in [5.74, 6) is 1.19. The average Bonchev–Trinajstić information content (AvgIpc) is 2.27. The molecule has 0 fully saturated rings. The maximum atomic E-state index is 10.4.